The number of hydrogen-bond donors (Lipinski definition) is 5. The summed E-state index contributed by atoms with van der Waals surface area (Å²) in [7, 11) is -2.17. The van der Waals surface area contributed by atoms with Crippen LogP contribution in [0.1, 0.15) is 20.7 Å². The molecule has 9 nitrogen and oxygen atoms in total. The fourth-order valence-corrected chi connectivity index (χ4v) is 1.29. The Balaban J connectivity index is 0. The molecule has 5 N–H and O–H groups in total. The first-order valence-corrected chi connectivity index (χ1v) is 6.19. The summed E-state index contributed by atoms with van der Waals surface area (Å²) in [6.07, 6.45) is 0. The van der Waals surface area contributed by atoms with Gasteiger partial charge < -0.3 is 35.5 Å². The molecule has 0 aliphatic heterocycles. The second kappa shape index (κ2) is 13.5. The van der Waals surface area contributed by atoms with Crippen molar-refractivity contribution in [2.45, 2.75) is 0 Å². The van der Waals surface area contributed by atoms with Gasteiger partial charge in [0.1, 0.15) is 0 Å². The topological polar surface area (TPSA) is 181 Å². The molecule has 0 bridgehead atoms. The molecule has 2 aromatic carbocycles. The van der Waals surface area contributed by atoms with E-state index in [1.54, 1.807) is 0 Å². The van der Waals surface area contributed by atoms with E-state index in [1.165, 1.54) is 48.5 Å². The Bertz CT molecular complexity index is 621. The van der Waals surface area contributed by atoms with E-state index < -0.39 is 30.8 Å². The molecule has 0 aromatic heterocycles. The summed E-state index contributed by atoms with van der Waals surface area (Å²) in [5.41, 5.74) is -0.356. The zero-order valence-electron chi connectivity index (χ0n) is 12.8. The zero-order valence-corrected chi connectivity index (χ0v) is 15.0. The molecule has 0 saturated heterocycles. The summed E-state index contributed by atoms with van der Waals surface area (Å²) in [5.74, 6) is -3.25. The Morgan fingerprint density at radius 3 is 1.12 bits per heavy atom. The average Bonchev–Trinajstić information content (AvgIpc) is 2.47. The first kappa shape index (κ1) is 25.4. The van der Waals surface area contributed by atoms with Crippen molar-refractivity contribution >= 4 is 57.0 Å². The Morgan fingerprint density at radius 1 is 0.720 bits per heavy atom. The van der Waals surface area contributed by atoms with E-state index in [9.17, 15) is 19.8 Å². The molecule has 11 heteroatoms. The first-order valence-electron chi connectivity index (χ1n) is 6.19. The summed E-state index contributed by atoms with van der Waals surface area (Å²) < 4.78 is 0. The average molecular weight is 376 g/mol. The van der Waals surface area contributed by atoms with Crippen molar-refractivity contribution in [1.29, 1.82) is 0 Å². The van der Waals surface area contributed by atoms with E-state index in [0.717, 1.165) is 0 Å². The van der Waals surface area contributed by atoms with Crippen LogP contribution in [-0.4, -0.2) is 82.3 Å². The monoisotopic (exact) mass is 376 g/mol. The van der Waals surface area contributed by atoms with Crippen molar-refractivity contribution in [3.8, 4) is 11.5 Å². The second-order valence-corrected chi connectivity index (χ2v) is 3.95. The van der Waals surface area contributed by atoms with Gasteiger partial charge in [0, 0.05) is 0 Å². The number of aromatic carboxylic acids is 2. The van der Waals surface area contributed by atoms with Crippen molar-refractivity contribution in [1.82, 2.24) is 0 Å². The number of rotatable bonds is 2. The number of carbonyl (C=O) groups is 2. The fourth-order valence-electron chi connectivity index (χ4n) is 1.29. The maximum atomic E-state index is 10.7. The van der Waals surface area contributed by atoms with Crippen LogP contribution in [0.4, 0.5) is 0 Å². The summed E-state index contributed by atoms with van der Waals surface area (Å²) in [5, 5.41) is 59.6. The van der Waals surface area contributed by atoms with Crippen LogP contribution in [0.5, 0.6) is 11.5 Å². The van der Waals surface area contributed by atoms with Gasteiger partial charge in [0.15, 0.2) is 0 Å². The third-order valence-corrected chi connectivity index (χ3v) is 2.23. The van der Waals surface area contributed by atoms with Crippen LogP contribution in [0, 0.1) is 0 Å². The zero-order chi connectivity index (χ0) is 18.7. The molecule has 0 heterocycles. The van der Waals surface area contributed by atoms with Gasteiger partial charge in [-0.2, -0.15) is 0 Å². The van der Waals surface area contributed by atoms with Crippen LogP contribution in [0.15, 0.2) is 48.5 Å². The van der Waals surface area contributed by atoms with Gasteiger partial charge in [-0.1, -0.05) is 47.9 Å². The van der Waals surface area contributed by atoms with Gasteiger partial charge in [0.05, 0.1) is 11.1 Å². The minimum absolute atomic E-state index is 0. The van der Waals surface area contributed by atoms with E-state index in [2.05, 4.69) is 0 Å². The third kappa shape index (κ3) is 11.4. The molecule has 2 aromatic rings. The SMILES string of the molecule is O=C(O)c1ccccc1[O-].O=C(O)c1ccccc1[O-].OB(O)O.[Ca+2]. The molecule has 0 amide bonds. The molecule has 0 unspecified atom stereocenters. The van der Waals surface area contributed by atoms with Gasteiger partial charge in [-0.3, -0.25) is 0 Å². The Kier molecular flexibility index (Phi) is 13.7. The summed E-state index contributed by atoms with van der Waals surface area (Å²) in [6, 6.07) is 11.1. The molecular weight excluding hydrogens is 363 g/mol. The molecule has 0 saturated carbocycles. The maximum absolute atomic E-state index is 10.7. The molecule has 0 fully saturated rings. The molecule has 0 radical (unpaired) electrons. The van der Waals surface area contributed by atoms with E-state index in [0.29, 0.717) is 0 Å². The molecule has 0 aliphatic carbocycles. The molecule has 0 atom stereocenters. The minimum atomic E-state index is -2.17. The van der Waals surface area contributed by atoms with E-state index >= 15 is 0 Å². The molecule has 2 rings (SSSR count). The van der Waals surface area contributed by atoms with E-state index in [-0.39, 0.29) is 48.9 Å². The smallest absolute Gasteiger partial charge is 0.872 e. The molecule has 25 heavy (non-hydrogen) atoms. The van der Waals surface area contributed by atoms with Crippen molar-refractivity contribution in [2.75, 3.05) is 0 Å². The summed E-state index contributed by atoms with van der Waals surface area (Å²) in [4.78, 5) is 20.4. The first-order chi connectivity index (χ1) is 11.2. The molecule has 128 valence electrons. The van der Waals surface area contributed by atoms with Gasteiger partial charge in [-0.25, -0.2) is 9.59 Å². The van der Waals surface area contributed by atoms with Gasteiger partial charge in [-0.05, 0) is 12.1 Å². The van der Waals surface area contributed by atoms with Crippen LogP contribution in [-0.2, 0) is 0 Å². The minimum Gasteiger partial charge on any atom is -0.872 e. The van der Waals surface area contributed by atoms with Crippen molar-refractivity contribution in [3.63, 3.8) is 0 Å². The number of carboxylic acid groups (broad SMARTS) is 2. The summed E-state index contributed by atoms with van der Waals surface area (Å²) >= 11 is 0. The molecule has 0 spiro atoms. The fraction of sp³-hybridized carbons (Fsp3) is 0. The predicted octanol–water partition coefficient (Wildman–Crippen LogP) is -1.52. The number of benzene rings is 2. The number of hydrogen-bond acceptors (Lipinski definition) is 7. The second-order valence-electron chi connectivity index (χ2n) is 3.95. The number of para-hydroxylation sites is 2. The summed E-state index contributed by atoms with van der Waals surface area (Å²) in [6.45, 7) is 0. The van der Waals surface area contributed by atoms with Crippen LogP contribution in [0.25, 0.3) is 0 Å². The molecule has 0 aliphatic rings. The Hall–Kier alpha value is -1.82. The quantitative estimate of drug-likeness (QED) is 0.389. The maximum Gasteiger partial charge on any atom is 2.00 e. The molecular formula is C14H13BCaO9. The van der Waals surface area contributed by atoms with Gasteiger partial charge in [-0.15, -0.1) is 0 Å². The van der Waals surface area contributed by atoms with Gasteiger partial charge in [0.25, 0.3) is 0 Å². The normalized spacial score (nSPS) is 8.44. The van der Waals surface area contributed by atoms with Gasteiger partial charge in [0.2, 0.25) is 0 Å². The Labute approximate surface area is 172 Å². The Morgan fingerprint density at radius 2 is 0.960 bits per heavy atom. The number of carboxylic acids is 2. The predicted molar refractivity (Wildman–Crippen MR) is 83.9 cm³/mol. The van der Waals surface area contributed by atoms with Crippen LogP contribution >= 0.6 is 0 Å². The van der Waals surface area contributed by atoms with Gasteiger partial charge >= 0.3 is 57.0 Å². The largest absolute Gasteiger partial charge is 2.00 e. The van der Waals surface area contributed by atoms with Crippen molar-refractivity contribution < 1.29 is 45.1 Å². The van der Waals surface area contributed by atoms with Crippen LogP contribution < -0.4 is 10.2 Å². The van der Waals surface area contributed by atoms with E-state index in [4.69, 9.17) is 25.3 Å². The van der Waals surface area contributed by atoms with Crippen molar-refractivity contribution in [2.24, 2.45) is 0 Å². The third-order valence-electron chi connectivity index (χ3n) is 2.23. The van der Waals surface area contributed by atoms with E-state index in [1.807, 2.05) is 0 Å². The van der Waals surface area contributed by atoms with Crippen LogP contribution in [0.2, 0.25) is 0 Å². The van der Waals surface area contributed by atoms with Crippen LogP contribution in [0.3, 0.4) is 0 Å². The standard InChI is InChI=1S/2C7H6O3.BH3O3.Ca/c2*8-6-4-2-1-3-5(6)7(9)10;2-1(3)4;/h2*1-4,8H,(H,9,10);2-4H;/q;;;+2/p-2. The van der Waals surface area contributed by atoms with Crippen molar-refractivity contribution in [3.05, 3.63) is 59.7 Å².